The number of para-hydroxylation sites is 1. The highest BCUT2D eigenvalue weighted by atomic mass is 127. The maximum atomic E-state index is 5.80. The van der Waals surface area contributed by atoms with Gasteiger partial charge in [0.1, 0.15) is 0 Å². The normalized spacial score (nSPS) is 15.3. The summed E-state index contributed by atoms with van der Waals surface area (Å²) in [4.78, 5) is 8.97. The molecule has 1 aliphatic heterocycles. The molecular weight excluding hydrogens is 499 g/mol. The van der Waals surface area contributed by atoms with E-state index in [1.54, 1.807) is 11.3 Å². The van der Waals surface area contributed by atoms with E-state index >= 15 is 0 Å². The van der Waals surface area contributed by atoms with Crippen molar-refractivity contribution in [1.82, 2.24) is 15.6 Å². The molecule has 6 nitrogen and oxygen atoms in total. The zero-order valence-corrected chi connectivity index (χ0v) is 20.3. The van der Waals surface area contributed by atoms with Crippen molar-refractivity contribution in [2.75, 3.05) is 46.6 Å². The van der Waals surface area contributed by atoms with E-state index in [9.17, 15) is 0 Å². The first-order valence-electron chi connectivity index (χ1n) is 10.3. The van der Waals surface area contributed by atoms with Crippen LogP contribution < -0.4 is 10.6 Å². The molecule has 0 aliphatic carbocycles. The summed E-state index contributed by atoms with van der Waals surface area (Å²) in [5.41, 5.74) is 1.10. The van der Waals surface area contributed by atoms with Crippen LogP contribution in [0.1, 0.15) is 30.7 Å². The average molecular weight is 532 g/mol. The van der Waals surface area contributed by atoms with Crippen molar-refractivity contribution in [2.24, 2.45) is 10.9 Å². The molecule has 0 unspecified atom stereocenters. The van der Waals surface area contributed by atoms with Crippen molar-refractivity contribution in [1.29, 1.82) is 0 Å². The SMILES string of the molecule is CN=C(NCCCOCC1CCOCC1)NCCCc1nc2ccccc2s1.I. The highest BCUT2D eigenvalue weighted by Gasteiger charge is 2.13. The molecule has 0 amide bonds. The highest BCUT2D eigenvalue weighted by molar-refractivity contribution is 14.0. The quantitative estimate of drug-likeness (QED) is 0.211. The van der Waals surface area contributed by atoms with Crippen molar-refractivity contribution in [2.45, 2.75) is 32.1 Å². The first kappa shape index (κ1) is 24.3. The zero-order valence-electron chi connectivity index (χ0n) is 17.2. The molecule has 3 rings (SSSR count). The lowest BCUT2D eigenvalue weighted by molar-refractivity contribution is 0.0203. The van der Waals surface area contributed by atoms with Gasteiger partial charge in [-0.1, -0.05) is 12.1 Å². The van der Waals surface area contributed by atoms with Crippen LogP contribution in [0.15, 0.2) is 29.3 Å². The zero-order chi connectivity index (χ0) is 19.4. The second kappa shape index (κ2) is 14.1. The molecule has 8 heteroatoms. The van der Waals surface area contributed by atoms with Gasteiger partial charge in [-0.3, -0.25) is 4.99 Å². The molecule has 1 fully saturated rings. The standard InChI is InChI=1S/C21H32N4O2S.HI/c1-22-21(24-12-5-13-27-16-17-9-14-26-15-10-17)23-11-4-8-20-25-18-6-2-3-7-19(18)28-20;/h2-3,6-7,17H,4-5,8-16H2,1H3,(H2,22,23,24);1H. The first-order valence-corrected chi connectivity index (χ1v) is 11.1. The number of halogens is 1. The van der Waals surface area contributed by atoms with Gasteiger partial charge in [0.05, 0.1) is 15.2 Å². The molecule has 1 saturated heterocycles. The van der Waals surface area contributed by atoms with E-state index in [2.05, 4.69) is 38.8 Å². The van der Waals surface area contributed by atoms with Crippen molar-refractivity contribution in [3.63, 3.8) is 0 Å². The summed E-state index contributed by atoms with van der Waals surface area (Å²) < 4.78 is 12.4. The van der Waals surface area contributed by atoms with E-state index in [1.165, 1.54) is 9.71 Å². The van der Waals surface area contributed by atoms with Crippen molar-refractivity contribution in [3.05, 3.63) is 29.3 Å². The Morgan fingerprint density at radius 2 is 1.97 bits per heavy atom. The van der Waals surface area contributed by atoms with Crippen LogP contribution in [0.3, 0.4) is 0 Å². The van der Waals surface area contributed by atoms with Gasteiger partial charge in [-0.15, -0.1) is 35.3 Å². The fraction of sp³-hybridized carbons (Fsp3) is 0.619. The van der Waals surface area contributed by atoms with Gasteiger partial charge in [-0.2, -0.15) is 0 Å². The Morgan fingerprint density at radius 3 is 2.72 bits per heavy atom. The maximum absolute atomic E-state index is 5.80. The Bertz CT molecular complexity index is 701. The fourth-order valence-corrected chi connectivity index (χ4v) is 4.25. The lowest BCUT2D eigenvalue weighted by Gasteiger charge is -2.21. The monoisotopic (exact) mass is 532 g/mol. The van der Waals surface area contributed by atoms with E-state index in [4.69, 9.17) is 9.47 Å². The van der Waals surface area contributed by atoms with Gasteiger partial charge < -0.3 is 20.1 Å². The molecule has 0 radical (unpaired) electrons. The van der Waals surface area contributed by atoms with Gasteiger partial charge in [0.2, 0.25) is 0 Å². The Hall–Kier alpha value is -0.970. The summed E-state index contributed by atoms with van der Waals surface area (Å²) in [6.07, 6.45) is 5.27. The highest BCUT2D eigenvalue weighted by Crippen LogP contribution is 2.22. The van der Waals surface area contributed by atoms with Gasteiger partial charge in [0, 0.05) is 53.0 Å². The lowest BCUT2D eigenvalue weighted by atomic mass is 10.0. The summed E-state index contributed by atoms with van der Waals surface area (Å²) in [7, 11) is 1.81. The number of nitrogens with one attached hydrogen (secondary N) is 2. The molecule has 0 bridgehead atoms. The topological polar surface area (TPSA) is 67.8 Å². The minimum atomic E-state index is 0. The van der Waals surface area contributed by atoms with Gasteiger partial charge in [-0.05, 0) is 43.7 Å². The molecule has 2 heterocycles. The minimum absolute atomic E-state index is 0. The number of ether oxygens (including phenoxy) is 2. The summed E-state index contributed by atoms with van der Waals surface area (Å²) in [6.45, 7) is 5.18. The van der Waals surface area contributed by atoms with Gasteiger partial charge in [0.15, 0.2) is 5.96 Å². The van der Waals surface area contributed by atoms with Crippen LogP contribution in [0.4, 0.5) is 0 Å². The van der Waals surface area contributed by atoms with Crippen LogP contribution in [0, 0.1) is 5.92 Å². The number of nitrogens with zero attached hydrogens (tertiary/aromatic N) is 2. The van der Waals surface area contributed by atoms with Crippen LogP contribution in [0.2, 0.25) is 0 Å². The largest absolute Gasteiger partial charge is 0.381 e. The second-order valence-electron chi connectivity index (χ2n) is 7.09. The number of hydrogen-bond acceptors (Lipinski definition) is 5. The third-order valence-electron chi connectivity index (χ3n) is 4.87. The summed E-state index contributed by atoms with van der Waals surface area (Å²) in [5, 5.41) is 7.93. The Balaban J connectivity index is 0.00000300. The van der Waals surface area contributed by atoms with Crippen LogP contribution in [-0.2, 0) is 15.9 Å². The fourth-order valence-electron chi connectivity index (χ4n) is 3.24. The number of aromatic nitrogens is 1. The van der Waals surface area contributed by atoms with Crippen molar-refractivity contribution < 1.29 is 9.47 Å². The lowest BCUT2D eigenvalue weighted by Crippen LogP contribution is -2.38. The molecule has 162 valence electrons. The number of benzene rings is 1. The molecule has 1 aromatic carbocycles. The number of aryl methyl sites for hydroxylation is 1. The molecule has 2 aromatic rings. The number of rotatable bonds is 10. The van der Waals surface area contributed by atoms with Gasteiger partial charge in [0.25, 0.3) is 0 Å². The summed E-state index contributed by atoms with van der Waals surface area (Å²) in [6, 6.07) is 8.32. The molecular formula is C21H33IN4O2S. The van der Waals surface area contributed by atoms with E-state index in [-0.39, 0.29) is 24.0 Å². The predicted molar refractivity (Wildman–Crippen MR) is 132 cm³/mol. The van der Waals surface area contributed by atoms with Crippen LogP contribution >= 0.6 is 35.3 Å². The van der Waals surface area contributed by atoms with Crippen molar-refractivity contribution >= 4 is 51.5 Å². The first-order chi connectivity index (χ1) is 13.8. The number of guanidine groups is 1. The van der Waals surface area contributed by atoms with Crippen LogP contribution in [-0.4, -0.2) is 57.5 Å². The van der Waals surface area contributed by atoms with E-state index in [0.717, 1.165) is 83.1 Å². The number of aliphatic imine (C=N–C) groups is 1. The molecule has 1 aliphatic rings. The molecule has 0 saturated carbocycles. The third kappa shape index (κ3) is 8.74. The van der Waals surface area contributed by atoms with Crippen LogP contribution in [0.25, 0.3) is 10.2 Å². The van der Waals surface area contributed by atoms with E-state index < -0.39 is 0 Å². The van der Waals surface area contributed by atoms with Crippen LogP contribution in [0.5, 0.6) is 0 Å². The molecule has 2 N–H and O–H groups in total. The van der Waals surface area contributed by atoms with E-state index in [0.29, 0.717) is 5.92 Å². The number of fused-ring (bicyclic) bond motifs is 1. The Morgan fingerprint density at radius 1 is 1.21 bits per heavy atom. The maximum Gasteiger partial charge on any atom is 0.190 e. The smallest absolute Gasteiger partial charge is 0.190 e. The van der Waals surface area contributed by atoms with Gasteiger partial charge >= 0.3 is 0 Å². The average Bonchev–Trinajstić information content (AvgIpc) is 3.15. The van der Waals surface area contributed by atoms with E-state index in [1.807, 2.05) is 13.1 Å². The molecule has 0 atom stereocenters. The summed E-state index contributed by atoms with van der Waals surface area (Å²) in [5.74, 6) is 1.53. The molecule has 0 spiro atoms. The summed E-state index contributed by atoms with van der Waals surface area (Å²) >= 11 is 1.79. The van der Waals surface area contributed by atoms with Crippen molar-refractivity contribution in [3.8, 4) is 0 Å². The minimum Gasteiger partial charge on any atom is -0.381 e. The number of hydrogen-bond donors (Lipinski definition) is 2. The predicted octanol–water partition coefficient (Wildman–Crippen LogP) is 3.85. The second-order valence-corrected chi connectivity index (χ2v) is 8.20. The Labute approximate surface area is 194 Å². The number of thiazole rings is 1. The molecule has 29 heavy (non-hydrogen) atoms. The van der Waals surface area contributed by atoms with Gasteiger partial charge in [-0.25, -0.2) is 4.98 Å². The molecule has 1 aromatic heterocycles. The third-order valence-corrected chi connectivity index (χ3v) is 5.97. The Kier molecular flexibility index (Phi) is 11.8.